The van der Waals surface area contributed by atoms with Crippen LogP contribution in [0.25, 0.3) is 11.3 Å². The van der Waals surface area contributed by atoms with Gasteiger partial charge in [0.2, 0.25) is 0 Å². The third-order valence-electron chi connectivity index (χ3n) is 3.06. The molecule has 0 spiro atoms. The molecular weight excluding hydrogens is 268 g/mol. The Balaban J connectivity index is 1.97. The average molecular weight is 282 g/mol. The predicted molar refractivity (Wildman–Crippen MR) is 78.6 cm³/mol. The lowest BCUT2D eigenvalue weighted by Gasteiger charge is -2.07. The smallest absolute Gasteiger partial charge is 0.173 e. The van der Waals surface area contributed by atoms with Crippen LogP contribution in [0.15, 0.2) is 48.7 Å². The van der Waals surface area contributed by atoms with Gasteiger partial charge in [-0.05, 0) is 36.8 Å². The minimum atomic E-state index is -0.0591. The van der Waals surface area contributed by atoms with Crippen molar-refractivity contribution in [3.63, 3.8) is 0 Å². The number of aromatic nitrogens is 2. The maximum absolute atomic E-state index is 9.93. The number of H-pyrrole nitrogens is 1. The minimum Gasteiger partial charge on any atom is -0.508 e. The highest BCUT2D eigenvalue weighted by atomic mass is 16.5. The SMILES string of the molecule is Cc1cccc(Oc2c[nH]nc2-c2ccc(O)cc2O)c1. The number of aromatic hydroxyl groups is 2. The first-order chi connectivity index (χ1) is 10.1. The third-order valence-corrected chi connectivity index (χ3v) is 3.06. The maximum atomic E-state index is 9.93. The summed E-state index contributed by atoms with van der Waals surface area (Å²) in [4.78, 5) is 0. The highest BCUT2D eigenvalue weighted by Gasteiger charge is 2.14. The number of phenols is 2. The molecule has 0 amide bonds. The van der Waals surface area contributed by atoms with Gasteiger partial charge in [0.15, 0.2) is 5.75 Å². The molecule has 0 aliphatic rings. The quantitative estimate of drug-likeness (QED) is 0.686. The lowest BCUT2D eigenvalue weighted by atomic mass is 10.1. The molecule has 21 heavy (non-hydrogen) atoms. The zero-order chi connectivity index (χ0) is 14.8. The van der Waals surface area contributed by atoms with Crippen LogP contribution < -0.4 is 4.74 Å². The Kier molecular flexibility index (Phi) is 3.23. The van der Waals surface area contributed by atoms with Crippen molar-refractivity contribution in [2.24, 2.45) is 0 Å². The van der Waals surface area contributed by atoms with Crippen LogP contribution in [0.4, 0.5) is 0 Å². The van der Waals surface area contributed by atoms with Crippen molar-refractivity contribution < 1.29 is 14.9 Å². The fourth-order valence-corrected chi connectivity index (χ4v) is 2.08. The summed E-state index contributed by atoms with van der Waals surface area (Å²) in [7, 11) is 0. The van der Waals surface area contributed by atoms with Gasteiger partial charge in [0, 0.05) is 11.6 Å². The van der Waals surface area contributed by atoms with Crippen LogP contribution in [0.2, 0.25) is 0 Å². The van der Waals surface area contributed by atoms with Gasteiger partial charge in [0.1, 0.15) is 22.9 Å². The molecule has 3 N–H and O–H groups in total. The van der Waals surface area contributed by atoms with Crippen molar-refractivity contribution in [3.8, 4) is 34.3 Å². The van der Waals surface area contributed by atoms with E-state index < -0.39 is 0 Å². The first-order valence-corrected chi connectivity index (χ1v) is 6.44. The summed E-state index contributed by atoms with van der Waals surface area (Å²) in [6, 6.07) is 12.0. The molecule has 2 aromatic carbocycles. The lowest BCUT2D eigenvalue weighted by molar-refractivity contribution is 0.450. The largest absolute Gasteiger partial charge is 0.508 e. The van der Waals surface area contributed by atoms with Gasteiger partial charge in [-0.2, -0.15) is 5.10 Å². The molecule has 0 saturated carbocycles. The molecule has 0 bridgehead atoms. The number of aryl methyl sites for hydroxylation is 1. The van der Waals surface area contributed by atoms with E-state index in [0.717, 1.165) is 5.56 Å². The number of ether oxygens (including phenoxy) is 1. The summed E-state index contributed by atoms with van der Waals surface area (Å²) in [5.41, 5.74) is 2.05. The van der Waals surface area contributed by atoms with Crippen LogP contribution in [0.5, 0.6) is 23.0 Å². The van der Waals surface area contributed by atoms with Crippen LogP contribution in [-0.2, 0) is 0 Å². The molecule has 5 heteroatoms. The van der Waals surface area contributed by atoms with Gasteiger partial charge in [0.05, 0.1) is 6.20 Å². The topological polar surface area (TPSA) is 78.4 Å². The molecule has 0 aliphatic heterocycles. The summed E-state index contributed by atoms with van der Waals surface area (Å²) in [6.45, 7) is 1.98. The molecule has 0 saturated heterocycles. The van der Waals surface area contributed by atoms with E-state index in [1.165, 1.54) is 12.1 Å². The number of hydrogen-bond acceptors (Lipinski definition) is 4. The fourth-order valence-electron chi connectivity index (χ4n) is 2.08. The molecule has 1 aromatic heterocycles. The molecule has 0 aliphatic carbocycles. The third kappa shape index (κ3) is 2.67. The second kappa shape index (κ2) is 5.20. The van der Waals surface area contributed by atoms with Crippen molar-refractivity contribution >= 4 is 0 Å². The number of nitrogens with one attached hydrogen (secondary N) is 1. The summed E-state index contributed by atoms with van der Waals surface area (Å²) < 4.78 is 5.80. The number of phenolic OH excluding ortho intramolecular Hbond substituents is 2. The van der Waals surface area contributed by atoms with Gasteiger partial charge < -0.3 is 14.9 Å². The van der Waals surface area contributed by atoms with E-state index in [-0.39, 0.29) is 11.5 Å². The summed E-state index contributed by atoms with van der Waals surface area (Å²) in [6.07, 6.45) is 1.62. The fraction of sp³-hybridized carbons (Fsp3) is 0.0625. The Labute approximate surface area is 121 Å². The number of benzene rings is 2. The van der Waals surface area contributed by atoms with E-state index in [4.69, 9.17) is 4.74 Å². The van der Waals surface area contributed by atoms with Crippen LogP contribution in [-0.4, -0.2) is 20.4 Å². The zero-order valence-corrected chi connectivity index (χ0v) is 11.4. The Morgan fingerprint density at radius 2 is 1.95 bits per heavy atom. The molecule has 3 aromatic rings. The van der Waals surface area contributed by atoms with Crippen LogP contribution >= 0.6 is 0 Å². The Morgan fingerprint density at radius 1 is 1.10 bits per heavy atom. The normalized spacial score (nSPS) is 10.5. The standard InChI is InChI=1S/C16H14N2O3/c1-10-3-2-4-12(7-10)21-15-9-17-18-16(15)13-6-5-11(19)8-14(13)20/h2-9,19-20H,1H3,(H,17,18). The van der Waals surface area contributed by atoms with E-state index >= 15 is 0 Å². The van der Waals surface area contributed by atoms with Crippen LogP contribution in [0, 0.1) is 6.92 Å². The molecule has 3 rings (SSSR count). The minimum absolute atomic E-state index is 0.00654. The number of nitrogens with zero attached hydrogens (tertiary/aromatic N) is 1. The summed E-state index contributed by atoms with van der Waals surface area (Å²) >= 11 is 0. The van der Waals surface area contributed by atoms with E-state index in [9.17, 15) is 10.2 Å². The first-order valence-electron chi connectivity index (χ1n) is 6.44. The van der Waals surface area contributed by atoms with Gasteiger partial charge in [-0.25, -0.2) is 0 Å². The second-order valence-electron chi connectivity index (χ2n) is 4.72. The Hall–Kier alpha value is -2.95. The second-order valence-corrected chi connectivity index (χ2v) is 4.72. The number of aromatic amines is 1. The van der Waals surface area contributed by atoms with Crippen LogP contribution in [0.3, 0.4) is 0 Å². The van der Waals surface area contributed by atoms with Crippen LogP contribution in [0.1, 0.15) is 5.56 Å². The maximum Gasteiger partial charge on any atom is 0.173 e. The molecule has 0 fully saturated rings. The monoisotopic (exact) mass is 282 g/mol. The van der Waals surface area contributed by atoms with Gasteiger partial charge in [-0.3, -0.25) is 5.10 Å². The number of rotatable bonds is 3. The Morgan fingerprint density at radius 3 is 2.71 bits per heavy atom. The highest BCUT2D eigenvalue weighted by molar-refractivity contribution is 5.72. The van der Waals surface area contributed by atoms with Crippen molar-refractivity contribution in [1.29, 1.82) is 0 Å². The number of hydrogen-bond donors (Lipinski definition) is 3. The first kappa shape index (κ1) is 13.1. The molecule has 1 heterocycles. The molecule has 0 atom stereocenters. The van der Waals surface area contributed by atoms with E-state index in [1.54, 1.807) is 12.3 Å². The summed E-state index contributed by atoms with van der Waals surface area (Å²) in [5.74, 6) is 1.13. The predicted octanol–water partition coefficient (Wildman–Crippen LogP) is 3.59. The zero-order valence-electron chi connectivity index (χ0n) is 11.4. The van der Waals surface area contributed by atoms with Gasteiger partial charge in [-0.1, -0.05) is 12.1 Å². The molecule has 106 valence electrons. The van der Waals surface area contributed by atoms with Crippen molar-refractivity contribution in [1.82, 2.24) is 10.2 Å². The van der Waals surface area contributed by atoms with Crippen molar-refractivity contribution in [2.75, 3.05) is 0 Å². The van der Waals surface area contributed by atoms with E-state index in [1.807, 2.05) is 31.2 Å². The van der Waals surface area contributed by atoms with E-state index in [0.29, 0.717) is 22.8 Å². The van der Waals surface area contributed by atoms with Gasteiger partial charge in [-0.15, -0.1) is 0 Å². The highest BCUT2D eigenvalue weighted by Crippen LogP contribution is 2.37. The van der Waals surface area contributed by atoms with Crippen molar-refractivity contribution in [3.05, 3.63) is 54.2 Å². The Bertz CT molecular complexity index is 781. The summed E-state index contributed by atoms with van der Waals surface area (Å²) in [5, 5.41) is 26.1. The molecular formula is C16H14N2O3. The molecule has 0 radical (unpaired) electrons. The molecule has 5 nitrogen and oxygen atoms in total. The van der Waals surface area contributed by atoms with Gasteiger partial charge >= 0.3 is 0 Å². The van der Waals surface area contributed by atoms with E-state index in [2.05, 4.69) is 10.2 Å². The lowest BCUT2D eigenvalue weighted by Crippen LogP contribution is -1.87. The van der Waals surface area contributed by atoms with Gasteiger partial charge in [0.25, 0.3) is 0 Å². The average Bonchev–Trinajstić information content (AvgIpc) is 2.87. The molecule has 0 unspecified atom stereocenters. The van der Waals surface area contributed by atoms with Crippen molar-refractivity contribution in [2.45, 2.75) is 6.92 Å².